The van der Waals surface area contributed by atoms with Gasteiger partial charge in [0.15, 0.2) is 12.2 Å². The van der Waals surface area contributed by atoms with Gasteiger partial charge in [0.2, 0.25) is 0 Å². The lowest BCUT2D eigenvalue weighted by molar-refractivity contribution is -0.161. The number of unbranched alkanes of at least 4 members (excludes halogenated alkanes) is 27. The molecule has 0 aliphatic heterocycles. The molecular weight excluding hydrogens is 1350 g/mol. The van der Waals surface area contributed by atoms with Gasteiger partial charge in [-0.15, -0.1) is 0 Å². The smallest absolute Gasteiger partial charge is 0.462 e. The number of hydrogen-bond donors (Lipinski definition) is 3. The molecule has 104 heavy (non-hydrogen) atoms. The number of phosphoric acid groups is 2. The van der Waals surface area contributed by atoms with E-state index in [2.05, 4.69) is 161 Å². The molecule has 0 bridgehead atoms. The van der Waals surface area contributed by atoms with E-state index < -0.39 is 97.5 Å². The van der Waals surface area contributed by atoms with E-state index in [4.69, 9.17) is 37.0 Å². The van der Waals surface area contributed by atoms with Gasteiger partial charge in [-0.25, -0.2) is 9.13 Å². The first-order chi connectivity index (χ1) is 50.7. The maximum Gasteiger partial charge on any atom is 0.472 e. The number of carbonyl (C=O) groups is 4. The van der Waals surface area contributed by atoms with Crippen LogP contribution in [0.1, 0.15) is 323 Å². The minimum Gasteiger partial charge on any atom is -0.462 e. The Morgan fingerprint density at radius 3 is 0.788 bits per heavy atom. The number of allylic oxidation sites excluding steroid dienone is 22. The van der Waals surface area contributed by atoms with Gasteiger partial charge >= 0.3 is 39.5 Å². The zero-order valence-electron chi connectivity index (χ0n) is 65.2. The van der Waals surface area contributed by atoms with E-state index in [0.29, 0.717) is 32.1 Å². The molecule has 5 atom stereocenters. The topological polar surface area (TPSA) is 237 Å². The standard InChI is InChI=1S/C85H144O17P2/c1-5-9-13-17-21-25-29-33-37-39-43-45-49-53-57-61-65-69-82(87)95-75-80(101-84(89)71-67-63-59-55-51-47-41-35-31-27-23-19-15-11-7-3)77-99-103(91,92)97-73-79(86)74-98-104(93,94)100-78-81(102-85(90)72-68-64-60-56-52-48-42-36-32-28-24-20-16-12-8-4)76-96-83(88)70-66-62-58-54-50-46-44-40-38-34-30-26-22-18-14-10-6-2/h9-11,13-15,21-23,25-27,33-35,37-38,41,43,45,51,55,79-81,86H,5-8,12,16-20,24,28-32,36,39-40,42,44,46-50,52-54,56-78H2,1-4H3,(H,91,92)(H,93,94)/b13-9-,14-10-,15-11-,25-21-,26-22-,27-23-,37-33-,38-34-,41-35-,45-43-,55-51-. The Bertz CT molecular complexity index is 2490. The molecule has 0 saturated carbocycles. The van der Waals surface area contributed by atoms with Crippen LogP contribution < -0.4 is 0 Å². The second-order valence-corrected chi connectivity index (χ2v) is 29.5. The van der Waals surface area contributed by atoms with Crippen molar-refractivity contribution in [3.63, 3.8) is 0 Å². The molecule has 0 rings (SSSR count). The third-order valence-electron chi connectivity index (χ3n) is 16.6. The molecule has 0 aromatic carbocycles. The largest absolute Gasteiger partial charge is 0.472 e. The maximum atomic E-state index is 13.1. The Balaban J connectivity index is 5.41. The first-order valence-corrected chi connectivity index (χ1v) is 43.4. The van der Waals surface area contributed by atoms with Crippen molar-refractivity contribution in [3.05, 3.63) is 134 Å². The average Bonchev–Trinajstić information content (AvgIpc) is 0.937. The van der Waals surface area contributed by atoms with E-state index in [1.807, 2.05) is 0 Å². The van der Waals surface area contributed by atoms with Gasteiger partial charge in [-0.3, -0.25) is 37.3 Å². The second-order valence-electron chi connectivity index (χ2n) is 26.6. The SMILES string of the molecule is CC/C=C\C/C=C\C/C=C\C/C=C\CCCCCCC(=O)OCC(COP(=O)(O)OCC(O)COP(=O)(O)OCC(COC(=O)CCCCCCCCC/C=C\C/C=C\C/C=C\CC)OC(=O)CCCCCCCCCCCCCCCCC)OC(=O)CCCC/C=C\C/C=C\C/C=C\C/C=C\CC. The highest BCUT2D eigenvalue weighted by molar-refractivity contribution is 7.47. The van der Waals surface area contributed by atoms with Gasteiger partial charge in [-0.2, -0.15) is 0 Å². The highest BCUT2D eigenvalue weighted by atomic mass is 31.2. The van der Waals surface area contributed by atoms with E-state index >= 15 is 0 Å². The lowest BCUT2D eigenvalue weighted by Crippen LogP contribution is -2.30. The highest BCUT2D eigenvalue weighted by Gasteiger charge is 2.30. The third kappa shape index (κ3) is 75.4. The Morgan fingerprint density at radius 1 is 0.279 bits per heavy atom. The molecular formula is C85H144O17P2. The zero-order chi connectivity index (χ0) is 76.0. The van der Waals surface area contributed by atoms with Crippen molar-refractivity contribution in [3.8, 4) is 0 Å². The number of esters is 4. The van der Waals surface area contributed by atoms with E-state index in [-0.39, 0.29) is 25.7 Å². The second kappa shape index (κ2) is 76.4. The minimum atomic E-state index is -5.00. The summed E-state index contributed by atoms with van der Waals surface area (Å²) < 4.78 is 68.6. The van der Waals surface area contributed by atoms with Gasteiger partial charge in [-0.05, 0) is 135 Å². The fraction of sp³-hybridized carbons (Fsp3) is 0.694. The van der Waals surface area contributed by atoms with Crippen molar-refractivity contribution >= 4 is 39.5 Å². The van der Waals surface area contributed by atoms with E-state index in [9.17, 15) is 43.2 Å². The number of hydrogen-bond acceptors (Lipinski definition) is 15. The molecule has 19 heteroatoms. The first kappa shape index (κ1) is 99.2. The number of aliphatic hydroxyl groups is 1. The highest BCUT2D eigenvalue weighted by Crippen LogP contribution is 2.45. The summed E-state index contributed by atoms with van der Waals surface area (Å²) in [6.07, 6.45) is 85.7. The minimum absolute atomic E-state index is 0.0341. The van der Waals surface area contributed by atoms with Crippen molar-refractivity contribution in [1.29, 1.82) is 0 Å². The summed E-state index contributed by atoms with van der Waals surface area (Å²) in [4.78, 5) is 73.1. The summed E-state index contributed by atoms with van der Waals surface area (Å²) >= 11 is 0. The molecule has 0 saturated heterocycles. The van der Waals surface area contributed by atoms with Crippen LogP contribution in [0.15, 0.2) is 134 Å². The van der Waals surface area contributed by atoms with Crippen LogP contribution in [-0.4, -0.2) is 96.7 Å². The number of ether oxygens (including phenoxy) is 4. The molecule has 0 aromatic rings. The summed E-state index contributed by atoms with van der Waals surface area (Å²) in [5, 5.41) is 10.6. The number of rotatable bonds is 75. The number of aliphatic hydroxyl groups excluding tert-OH is 1. The Morgan fingerprint density at radius 2 is 0.500 bits per heavy atom. The van der Waals surface area contributed by atoms with Gasteiger partial charge in [0.25, 0.3) is 0 Å². The molecule has 0 aliphatic carbocycles. The van der Waals surface area contributed by atoms with Crippen LogP contribution in [0.4, 0.5) is 0 Å². The predicted molar refractivity (Wildman–Crippen MR) is 427 cm³/mol. The van der Waals surface area contributed by atoms with Gasteiger partial charge in [0.1, 0.15) is 19.3 Å². The summed E-state index contributed by atoms with van der Waals surface area (Å²) in [5.74, 6) is -2.25. The van der Waals surface area contributed by atoms with Crippen LogP contribution in [0, 0.1) is 0 Å². The molecule has 596 valence electrons. The molecule has 0 aliphatic rings. The van der Waals surface area contributed by atoms with Crippen LogP contribution in [-0.2, 0) is 65.4 Å². The Hall–Kier alpha value is -4.80. The van der Waals surface area contributed by atoms with Crippen molar-refractivity contribution in [2.45, 2.75) is 341 Å². The number of carbonyl (C=O) groups excluding carboxylic acids is 4. The van der Waals surface area contributed by atoms with Crippen molar-refractivity contribution in [1.82, 2.24) is 0 Å². The van der Waals surface area contributed by atoms with Gasteiger partial charge in [-0.1, -0.05) is 296 Å². The predicted octanol–water partition coefficient (Wildman–Crippen LogP) is 23.7. The maximum absolute atomic E-state index is 13.1. The molecule has 0 fully saturated rings. The van der Waals surface area contributed by atoms with Gasteiger partial charge < -0.3 is 33.8 Å². The van der Waals surface area contributed by atoms with Crippen LogP contribution in [0.3, 0.4) is 0 Å². The van der Waals surface area contributed by atoms with E-state index in [0.717, 1.165) is 173 Å². The van der Waals surface area contributed by atoms with Crippen molar-refractivity contribution in [2.24, 2.45) is 0 Å². The molecule has 0 amide bonds. The normalized spacial score (nSPS) is 14.6. The number of phosphoric ester groups is 2. The Labute approximate surface area is 631 Å². The van der Waals surface area contributed by atoms with Gasteiger partial charge in [0.05, 0.1) is 26.4 Å². The summed E-state index contributed by atoms with van der Waals surface area (Å²) in [6.45, 7) is 4.48. The molecule has 0 radical (unpaired) electrons. The fourth-order valence-electron chi connectivity index (χ4n) is 10.6. The molecule has 3 N–H and O–H groups in total. The quantitative estimate of drug-likeness (QED) is 0.0169. The van der Waals surface area contributed by atoms with Crippen LogP contribution in [0.25, 0.3) is 0 Å². The zero-order valence-corrected chi connectivity index (χ0v) is 66.9. The average molecular weight is 1500 g/mol. The van der Waals surface area contributed by atoms with Crippen LogP contribution >= 0.6 is 15.6 Å². The molecule has 0 heterocycles. The van der Waals surface area contributed by atoms with E-state index in [1.54, 1.807) is 0 Å². The van der Waals surface area contributed by atoms with E-state index in [1.165, 1.54) is 64.2 Å². The summed E-state index contributed by atoms with van der Waals surface area (Å²) in [6, 6.07) is 0. The van der Waals surface area contributed by atoms with Crippen molar-refractivity contribution < 1.29 is 80.2 Å². The fourth-order valence-corrected chi connectivity index (χ4v) is 12.1. The monoisotopic (exact) mass is 1500 g/mol. The first-order valence-electron chi connectivity index (χ1n) is 40.4. The summed E-state index contributed by atoms with van der Waals surface area (Å²) in [7, 11) is -9.98. The van der Waals surface area contributed by atoms with Crippen LogP contribution in [0.2, 0.25) is 0 Å². The summed E-state index contributed by atoms with van der Waals surface area (Å²) in [5.41, 5.74) is 0. The molecule has 17 nitrogen and oxygen atoms in total. The Kier molecular flexibility index (Phi) is 72.9. The van der Waals surface area contributed by atoms with Crippen LogP contribution in [0.5, 0.6) is 0 Å². The molecule has 0 spiro atoms. The van der Waals surface area contributed by atoms with Crippen molar-refractivity contribution in [2.75, 3.05) is 39.6 Å². The molecule has 5 unspecified atom stereocenters. The lowest BCUT2D eigenvalue weighted by Gasteiger charge is -2.21. The molecule has 0 aromatic heterocycles. The third-order valence-corrected chi connectivity index (χ3v) is 18.5. The van der Waals surface area contributed by atoms with Gasteiger partial charge in [0, 0.05) is 25.7 Å². The lowest BCUT2D eigenvalue weighted by atomic mass is 10.0.